The minimum Gasteiger partial charge on any atom is -0.351 e. The number of rotatable bonds is 4. The van der Waals surface area contributed by atoms with Gasteiger partial charge in [0.25, 0.3) is 0 Å². The van der Waals surface area contributed by atoms with Crippen LogP contribution in [0.15, 0.2) is 29.3 Å². The maximum atomic E-state index is 12.0. The average Bonchev–Trinajstić information content (AvgIpc) is 2.49. The summed E-state index contributed by atoms with van der Waals surface area (Å²) in [5, 5.41) is 13.9. The lowest BCUT2D eigenvalue weighted by Crippen LogP contribution is -2.41. The normalized spacial score (nSPS) is 11.5. The van der Waals surface area contributed by atoms with E-state index < -0.39 is 0 Å². The molecule has 0 spiro atoms. The molecule has 126 valence electrons. The Balaban J connectivity index is 2.26. The summed E-state index contributed by atoms with van der Waals surface area (Å²) < 4.78 is 0. The molecule has 1 amide bonds. The third-order valence-corrected chi connectivity index (χ3v) is 4.44. The van der Waals surface area contributed by atoms with Crippen molar-refractivity contribution in [1.82, 2.24) is 10.3 Å². The van der Waals surface area contributed by atoms with Crippen LogP contribution in [0.3, 0.4) is 0 Å². The molecule has 0 saturated carbocycles. The maximum absolute atomic E-state index is 12.0. The fourth-order valence-corrected chi connectivity index (χ4v) is 3.08. The Kier molecular flexibility index (Phi) is 5.51. The van der Waals surface area contributed by atoms with E-state index in [0.717, 1.165) is 10.9 Å². The number of amides is 1. The molecular formula is C19H23N3OS. The topological polar surface area (TPSA) is 65.8 Å². The number of fused-ring (bicyclic) bond motifs is 1. The fourth-order valence-electron chi connectivity index (χ4n) is 2.31. The van der Waals surface area contributed by atoms with Gasteiger partial charge in [-0.05, 0) is 50.5 Å². The number of nitrogens with one attached hydrogen (secondary N) is 1. The predicted molar refractivity (Wildman–Crippen MR) is 99.2 cm³/mol. The molecule has 0 saturated heterocycles. The summed E-state index contributed by atoms with van der Waals surface area (Å²) in [7, 11) is 0. The molecule has 5 heteroatoms. The molecule has 0 aliphatic rings. The smallest absolute Gasteiger partial charge is 0.230 e. The van der Waals surface area contributed by atoms with E-state index >= 15 is 0 Å². The first-order valence-corrected chi connectivity index (χ1v) is 8.97. The molecule has 0 unspecified atom stereocenters. The lowest BCUT2D eigenvalue weighted by molar-refractivity contribution is -0.119. The number of carbonyl (C=O) groups is 1. The van der Waals surface area contributed by atoms with Gasteiger partial charge in [0.1, 0.15) is 11.1 Å². The van der Waals surface area contributed by atoms with Crippen LogP contribution in [0.1, 0.15) is 51.7 Å². The van der Waals surface area contributed by atoms with Crippen molar-refractivity contribution in [2.75, 3.05) is 5.75 Å². The van der Waals surface area contributed by atoms with Crippen LogP contribution in [-0.2, 0) is 4.79 Å². The van der Waals surface area contributed by atoms with Gasteiger partial charge in [0.15, 0.2) is 0 Å². The van der Waals surface area contributed by atoms with Crippen molar-refractivity contribution in [3.05, 3.63) is 35.4 Å². The highest BCUT2D eigenvalue weighted by Gasteiger charge is 2.15. The Hall–Kier alpha value is -2.06. The van der Waals surface area contributed by atoms with Crippen LogP contribution < -0.4 is 5.32 Å². The molecule has 0 atom stereocenters. The minimum atomic E-state index is -0.264. The third-order valence-electron chi connectivity index (χ3n) is 3.45. The number of benzene rings is 1. The SMILES string of the molecule is CC(C)c1ccc2nc(SCC(=O)NC(C)(C)C)c(C#N)cc2c1. The number of thioether (sulfide) groups is 1. The standard InChI is InChI=1S/C19H23N3OS/c1-12(2)13-6-7-16-14(8-13)9-15(10-20)18(21-16)24-11-17(23)22-19(3,4)5/h6-9,12H,11H2,1-5H3,(H,22,23). The summed E-state index contributed by atoms with van der Waals surface area (Å²) in [6, 6.07) is 10.2. The second-order valence-corrected chi connectivity index (χ2v) is 8.11. The zero-order chi connectivity index (χ0) is 17.9. The first-order chi connectivity index (χ1) is 11.2. The summed E-state index contributed by atoms with van der Waals surface area (Å²) in [6.07, 6.45) is 0. The van der Waals surface area contributed by atoms with Crippen LogP contribution in [0.2, 0.25) is 0 Å². The fraction of sp³-hybridized carbons (Fsp3) is 0.421. The molecule has 4 nitrogen and oxygen atoms in total. The van der Waals surface area contributed by atoms with Gasteiger partial charge in [0, 0.05) is 10.9 Å². The van der Waals surface area contributed by atoms with Crippen LogP contribution >= 0.6 is 11.8 Å². The lowest BCUT2D eigenvalue weighted by Gasteiger charge is -2.20. The van der Waals surface area contributed by atoms with Crippen LogP contribution in [-0.4, -0.2) is 22.2 Å². The second-order valence-electron chi connectivity index (χ2n) is 7.15. The largest absolute Gasteiger partial charge is 0.351 e. The van der Waals surface area contributed by atoms with Gasteiger partial charge in [-0.1, -0.05) is 31.7 Å². The van der Waals surface area contributed by atoms with E-state index in [1.54, 1.807) is 0 Å². The zero-order valence-electron chi connectivity index (χ0n) is 14.8. The van der Waals surface area contributed by atoms with Gasteiger partial charge in [0.05, 0.1) is 16.8 Å². The number of hydrogen-bond acceptors (Lipinski definition) is 4. The van der Waals surface area contributed by atoms with E-state index in [1.165, 1.54) is 17.3 Å². The Labute approximate surface area is 147 Å². The molecule has 1 aromatic heterocycles. The van der Waals surface area contributed by atoms with Crippen LogP contribution in [0.25, 0.3) is 10.9 Å². The number of nitrogens with zero attached hydrogens (tertiary/aromatic N) is 2. The molecular weight excluding hydrogens is 318 g/mol. The molecule has 0 radical (unpaired) electrons. The highest BCUT2D eigenvalue weighted by atomic mass is 32.2. The summed E-state index contributed by atoms with van der Waals surface area (Å²) in [6.45, 7) is 10.1. The molecule has 1 N–H and O–H groups in total. The van der Waals surface area contributed by atoms with Gasteiger partial charge in [-0.25, -0.2) is 4.98 Å². The first-order valence-electron chi connectivity index (χ1n) is 7.98. The van der Waals surface area contributed by atoms with E-state index in [0.29, 0.717) is 16.5 Å². The lowest BCUT2D eigenvalue weighted by atomic mass is 10.0. The van der Waals surface area contributed by atoms with Crippen molar-refractivity contribution < 1.29 is 4.79 Å². The molecule has 1 aromatic carbocycles. The Morgan fingerprint density at radius 2 is 2.04 bits per heavy atom. The maximum Gasteiger partial charge on any atom is 0.230 e. The van der Waals surface area contributed by atoms with Gasteiger partial charge in [0.2, 0.25) is 5.91 Å². The number of hydrogen-bond donors (Lipinski definition) is 1. The molecule has 0 fully saturated rings. The Morgan fingerprint density at radius 3 is 2.62 bits per heavy atom. The third kappa shape index (κ3) is 4.72. The molecule has 2 rings (SSSR count). The van der Waals surface area contributed by atoms with Crippen LogP contribution in [0.4, 0.5) is 0 Å². The molecule has 1 heterocycles. The van der Waals surface area contributed by atoms with E-state index in [-0.39, 0.29) is 17.2 Å². The zero-order valence-corrected chi connectivity index (χ0v) is 15.6. The van der Waals surface area contributed by atoms with Gasteiger partial charge in [-0.15, -0.1) is 0 Å². The molecule has 24 heavy (non-hydrogen) atoms. The van der Waals surface area contributed by atoms with Crippen molar-refractivity contribution in [1.29, 1.82) is 5.26 Å². The van der Waals surface area contributed by atoms with Crippen molar-refractivity contribution in [3.63, 3.8) is 0 Å². The van der Waals surface area contributed by atoms with Gasteiger partial charge in [-0.2, -0.15) is 5.26 Å². The van der Waals surface area contributed by atoms with Crippen LogP contribution in [0.5, 0.6) is 0 Å². The highest BCUT2D eigenvalue weighted by molar-refractivity contribution is 8.00. The highest BCUT2D eigenvalue weighted by Crippen LogP contribution is 2.27. The molecule has 0 bridgehead atoms. The Morgan fingerprint density at radius 1 is 1.33 bits per heavy atom. The summed E-state index contributed by atoms with van der Waals surface area (Å²) in [4.78, 5) is 16.5. The molecule has 2 aromatic rings. The molecule has 0 aliphatic carbocycles. The number of pyridine rings is 1. The quantitative estimate of drug-likeness (QED) is 0.845. The Bertz CT molecular complexity index is 801. The van der Waals surface area contributed by atoms with E-state index in [9.17, 15) is 10.1 Å². The van der Waals surface area contributed by atoms with Crippen LogP contribution in [0, 0.1) is 11.3 Å². The summed E-state index contributed by atoms with van der Waals surface area (Å²) in [5.41, 5.74) is 2.31. The minimum absolute atomic E-state index is 0.0616. The van der Waals surface area contributed by atoms with E-state index in [1.807, 2.05) is 32.9 Å². The molecule has 0 aliphatic heterocycles. The van der Waals surface area contributed by atoms with Gasteiger partial charge < -0.3 is 5.32 Å². The number of aromatic nitrogens is 1. The van der Waals surface area contributed by atoms with Crippen molar-refractivity contribution in [2.45, 2.75) is 51.1 Å². The van der Waals surface area contributed by atoms with Crippen molar-refractivity contribution >= 4 is 28.6 Å². The summed E-state index contributed by atoms with van der Waals surface area (Å²) >= 11 is 1.30. The number of nitriles is 1. The van der Waals surface area contributed by atoms with E-state index in [4.69, 9.17) is 0 Å². The average molecular weight is 341 g/mol. The van der Waals surface area contributed by atoms with E-state index in [2.05, 4.69) is 42.4 Å². The van der Waals surface area contributed by atoms with Gasteiger partial charge in [-0.3, -0.25) is 4.79 Å². The first kappa shape index (κ1) is 18.3. The predicted octanol–water partition coefficient (Wildman–Crippen LogP) is 4.24. The van der Waals surface area contributed by atoms with Crippen molar-refractivity contribution in [3.8, 4) is 6.07 Å². The van der Waals surface area contributed by atoms with Gasteiger partial charge >= 0.3 is 0 Å². The summed E-state index contributed by atoms with van der Waals surface area (Å²) in [5.74, 6) is 0.609. The van der Waals surface area contributed by atoms with Crippen molar-refractivity contribution in [2.24, 2.45) is 0 Å². The monoisotopic (exact) mass is 341 g/mol. The second kappa shape index (κ2) is 7.23. The number of carbonyl (C=O) groups excluding carboxylic acids is 1.